The van der Waals surface area contributed by atoms with Crippen LogP contribution in [-0.4, -0.2) is 20.2 Å². The molecule has 24 heavy (non-hydrogen) atoms. The van der Waals surface area contributed by atoms with Gasteiger partial charge in [-0.1, -0.05) is 35.9 Å². The maximum Gasteiger partial charge on any atom is 0.186 e. The van der Waals surface area contributed by atoms with E-state index in [1.807, 2.05) is 42.6 Å². The number of nitrogens with one attached hydrogen (secondary N) is 1. The highest BCUT2D eigenvalue weighted by atomic mass is 35.5. The van der Waals surface area contributed by atoms with Crippen molar-refractivity contribution >= 4 is 33.4 Å². The second kappa shape index (κ2) is 5.31. The molecule has 3 N–H and O–H groups in total. The summed E-state index contributed by atoms with van der Waals surface area (Å²) in [5.41, 5.74) is 3.79. The molecule has 2 aromatic carbocycles. The van der Waals surface area contributed by atoms with E-state index in [-0.39, 0.29) is 0 Å². The van der Waals surface area contributed by atoms with Gasteiger partial charge in [-0.05, 0) is 31.2 Å². The SMILES string of the molecule is CC(O)(O)c1ccc2c(c1)nc(-c1ccc(Cl)cc1)c1[nH]ccc12. The van der Waals surface area contributed by atoms with Gasteiger partial charge in [0.15, 0.2) is 5.79 Å². The Hall–Kier alpha value is -2.40. The number of aromatic amines is 1. The zero-order valence-electron chi connectivity index (χ0n) is 12.9. The Labute approximate surface area is 143 Å². The average Bonchev–Trinajstić information content (AvgIpc) is 3.03. The molecule has 0 unspecified atom stereocenters. The Morgan fingerprint density at radius 3 is 2.46 bits per heavy atom. The molecule has 4 rings (SSSR count). The van der Waals surface area contributed by atoms with Gasteiger partial charge in [0, 0.05) is 33.1 Å². The molecule has 0 saturated carbocycles. The van der Waals surface area contributed by atoms with Gasteiger partial charge in [-0.2, -0.15) is 0 Å². The Bertz CT molecular complexity index is 1050. The number of fused-ring (bicyclic) bond motifs is 3. The predicted octanol–water partition coefficient (Wildman–Crippen LogP) is 4.19. The molecule has 4 aromatic rings. The van der Waals surface area contributed by atoms with Gasteiger partial charge < -0.3 is 15.2 Å². The summed E-state index contributed by atoms with van der Waals surface area (Å²) in [6, 6.07) is 14.8. The summed E-state index contributed by atoms with van der Waals surface area (Å²) in [7, 11) is 0. The van der Waals surface area contributed by atoms with Crippen molar-refractivity contribution in [2.45, 2.75) is 12.7 Å². The molecule has 2 aromatic heterocycles. The monoisotopic (exact) mass is 338 g/mol. The molecule has 2 heterocycles. The number of halogens is 1. The van der Waals surface area contributed by atoms with Gasteiger partial charge in [0.05, 0.1) is 16.7 Å². The maximum absolute atomic E-state index is 9.85. The first kappa shape index (κ1) is 15.1. The van der Waals surface area contributed by atoms with Gasteiger partial charge >= 0.3 is 0 Å². The lowest BCUT2D eigenvalue weighted by molar-refractivity contribution is -0.152. The zero-order valence-corrected chi connectivity index (χ0v) is 13.7. The van der Waals surface area contributed by atoms with Crippen LogP contribution in [0.15, 0.2) is 54.7 Å². The summed E-state index contributed by atoms with van der Waals surface area (Å²) in [4.78, 5) is 8.00. The van der Waals surface area contributed by atoms with Crippen LogP contribution in [0.25, 0.3) is 33.1 Å². The van der Waals surface area contributed by atoms with Crippen LogP contribution in [0.3, 0.4) is 0 Å². The smallest absolute Gasteiger partial charge is 0.186 e. The number of hydrogen-bond donors (Lipinski definition) is 3. The lowest BCUT2D eigenvalue weighted by Gasteiger charge is -2.17. The quantitative estimate of drug-likeness (QED) is 0.480. The molecule has 0 saturated heterocycles. The van der Waals surface area contributed by atoms with Gasteiger partial charge in [-0.25, -0.2) is 4.98 Å². The molecule has 4 nitrogen and oxygen atoms in total. The molecular weight excluding hydrogens is 324 g/mol. The third-order valence-electron chi connectivity index (χ3n) is 4.17. The first-order valence-corrected chi connectivity index (χ1v) is 7.93. The van der Waals surface area contributed by atoms with Crippen molar-refractivity contribution in [2.75, 3.05) is 0 Å². The normalized spacial score (nSPS) is 12.2. The first-order chi connectivity index (χ1) is 11.4. The molecule has 0 aliphatic carbocycles. The summed E-state index contributed by atoms with van der Waals surface area (Å²) in [5, 5.41) is 22.4. The minimum Gasteiger partial charge on any atom is -0.362 e. The molecule has 0 radical (unpaired) electrons. The molecule has 0 aliphatic rings. The first-order valence-electron chi connectivity index (χ1n) is 7.55. The molecular formula is C19H15ClN2O2. The van der Waals surface area contributed by atoms with E-state index in [0.29, 0.717) is 16.1 Å². The van der Waals surface area contributed by atoms with E-state index < -0.39 is 5.79 Å². The van der Waals surface area contributed by atoms with Crippen LogP contribution < -0.4 is 0 Å². The van der Waals surface area contributed by atoms with Crippen molar-refractivity contribution in [3.05, 3.63) is 65.3 Å². The third kappa shape index (κ3) is 2.45. The van der Waals surface area contributed by atoms with Gasteiger partial charge in [-0.3, -0.25) is 0 Å². The predicted molar refractivity (Wildman–Crippen MR) is 95.8 cm³/mol. The number of rotatable bonds is 2. The van der Waals surface area contributed by atoms with Crippen molar-refractivity contribution in [2.24, 2.45) is 0 Å². The number of aromatic nitrogens is 2. The Morgan fingerprint density at radius 2 is 1.75 bits per heavy atom. The van der Waals surface area contributed by atoms with E-state index in [4.69, 9.17) is 16.6 Å². The number of H-pyrrole nitrogens is 1. The summed E-state index contributed by atoms with van der Waals surface area (Å²) >= 11 is 5.98. The van der Waals surface area contributed by atoms with Crippen LogP contribution in [0.5, 0.6) is 0 Å². The van der Waals surface area contributed by atoms with E-state index in [1.54, 1.807) is 12.1 Å². The van der Waals surface area contributed by atoms with Crippen molar-refractivity contribution in [3.63, 3.8) is 0 Å². The van der Waals surface area contributed by atoms with Crippen molar-refractivity contribution in [1.29, 1.82) is 0 Å². The fraction of sp³-hybridized carbons (Fsp3) is 0.105. The maximum atomic E-state index is 9.85. The summed E-state index contributed by atoms with van der Waals surface area (Å²) in [5.74, 6) is -1.90. The molecule has 0 amide bonds. The highest BCUT2D eigenvalue weighted by Crippen LogP contribution is 2.33. The van der Waals surface area contributed by atoms with Crippen molar-refractivity contribution in [1.82, 2.24) is 9.97 Å². The summed E-state index contributed by atoms with van der Waals surface area (Å²) < 4.78 is 0. The number of hydrogen-bond acceptors (Lipinski definition) is 3. The fourth-order valence-electron chi connectivity index (χ4n) is 2.93. The van der Waals surface area contributed by atoms with Gasteiger partial charge in [0.25, 0.3) is 0 Å². The van der Waals surface area contributed by atoms with Crippen LogP contribution in [-0.2, 0) is 5.79 Å². The fourth-order valence-corrected chi connectivity index (χ4v) is 3.06. The zero-order chi connectivity index (χ0) is 16.9. The van der Waals surface area contributed by atoms with E-state index in [9.17, 15) is 10.2 Å². The molecule has 0 fully saturated rings. The Kier molecular flexibility index (Phi) is 3.35. The van der Waals surface area contributed by atoms with E-state index in [2.05, 4.69) is 4.98 Å². The van der Waals surface area contributed by atoms with Crippen LogP contribution in [0, 0.1) is 0 Å². The number of nitrogens with zero attached hydrogens (tertiary/aromatic N) is 1. The van der Waals surface area contributed by atoms with E-state index in [1.165, 1.54) is 6.92 Å². The van der Waals surface area contributed by atoms with E-state index in [0.717, 1.165) is 27.5 Å². The minimum atomic E-state index is -1.90. The lowest BCUT2D eigenvalue weighted by Crippen LogP contribution is -2.19. The van der Waals surface area contributed by atoms with Crippen LogP contribution in [0.1, 0.15) is 12.5 Å². The standard InChI is InChI=1S/C19H15ClN2O2/c1-19(23,24)12-4-7-14-15-8-9-21-18(15)17(22-16(14)10-12)11-2-5-13(20)6-3-11/h2-10,21,23-24H,1H3. The van der Waals surface area contributed by atoms with Gasteiger partial charge in [-0.15, -0.1) is 0 Å². The number of pyridine rings is 1. The Morgan fingerprint density at radius 1 is 1.00 bits per heavy atom. The summed E-state index contributed by atoms with van der Waals surface area (Å²) in [6.07, 6.45) is 1.88. The van der Waals surface area contributed by atoms with Crippen LogP contribution in [0.4, 0.5) is 0 Å². The molecule has 0 spiro atoms. The minimum absolute atomic E-state index is 0.402. The third-order valence-corrected chi connectivity index (χ3v) is 4.42. The van der Waals surface area contributed by atoms with E-state index >= 15 is 0 Å². The van der Waals surface area contributed by atoms with Gasteiger partial charge in [0.1, 0.15) is 0 Å². The Balaban J connectivity index is 2.04. The summed E-state index contributed by atoms with van der Waals surface area (Å²) in [6.45, 7) is 1.34. The molecule has 0 aliphatic heterocycles. The van der Waals surface area contributed by atoms with Crippen LogP contribution in [0.2, 0.25) is 5.02 Å². The lowest BCUT2D eigenvalue weighted by atomic mass is 10.0. The molecule has 0 bridgehead atoms. The van der Waals surface area contributed by atoms with Crippen molar-refractivity contribution in [3.8, 4) is 11.3 Å². The molecule has 5 heteroatoms. The number of aliphatic hydroxyl groups is 2. The second-order valence-corrected chi connectivity index (χ2v) is 6.42. The van der Waals surface area contributed by atoms with Crippen molar-refractivity contribution < 1.29 is 10.2 Å². The second-order valence-electron chi connectivity index (χ2n) is 5.99. The highest BCUT2D eigenvalue weighted by Gasteiger charge is 2.20. The average molecular weight is 339 g/mol. The largest absolute Gasteiger partial charge is 0.362 e. The molecule has 0 atom stereocenters. The van der Waals surface area contributed by atoms with Crippen LogP contribution >= 0.6 is 11.6 Å². The highest BCUT2D eigenvalue weighted by molar-refractivity contribution is 6.30. The number of benzene rings is 2. The molecule has 120 valence electrons. The topological polar surface area (TPSA) is 69.1 Å². The van der Waals surface area contributed by atoms with Gasteiger partial charge in [0.2, 0.25) is 0 Å².